The minimum Gasteiger partial charge on any atom is -0.478 e. The second kappa shape index (κ2) is 5.82. The quantitative estimate of drug-likeness (QED) is 0.793. The average molecular weight is 256 g/mol. The summed E-state index contributed by atoms with van der Waals surface area (Å²) in [7, 11) is -3.35. The van der Waals surface area contributed by atoms with Gasteiger partial charge in [0.1, 0.15) is 0 Å². The summed E-state index contributed by atoms with van der Waals surface area (Å²) in [6, 6.07) is 5.49. The summed E-state index contributed by atoms with van der Waals surface area (Å²) in [4.78, 5) is 10.8. The molecule has 0 aliphatic carbocycles. The molecule has 1 rings (SSSR count). The minimum absolute atomic E-state index is 0.00145. The fourth-order valence-electron chi connectivity index (χ4n) is 1.48. The van der Waals surface area contributed by atoms with E-state index in [1.807, 2.05) is 6.92 Å². The molecule has 0 aliphatic heterocycles. The zero-order valence-corrected chi connectivity index (χ0v) is 10.5. The number of unbranched alkanes of at least 4 members (excludes halogenated alkanes) is 2. The van der Waals surface area contributed by atoms with E-state index in [4.69, 9.17) is 5.11 Å². The largest absolute Gasteiger partial charge is 0.478 e. The van der Waals surface area contributed by atoms with Crippen LogP contribution in [0.1, 0.15) is 36.5 Å². The average Bonchev–Trinajstić information content (AvgIpc) is 2.29. The SMILES string of the molecule is CCCCCS(=O)(=O)c1cccc(C(=O)O)c1. The van der Waals surface area contributed by atoms with E-state index in [1.54, 1.807) is 0 Å². The molecule has 0 bridgehead atoms. The maximum Gasteiger partial charge on any atom is 0.335 e. The van der Waals surface area contributed by atoms with Crippen LogP contribution in [0.4, 0.5) is 0 Å². The molecule has 17 heavy (non-hydrogen) atoms. The van der Waals surface area contributed by atoms with E-state index >= 15 is 0 Å². The predicted octanol–water partition coefficient (Wildman–Crippen LogP) is 2.35. The number of rotatable bonds is 6. The fourth-order valence-corrected chi connectivity index (χ4v) is 2.89. The Balaban J connectivity index is 2.91. The zero-order chi connectivity index (χ0) is 12.9. The number of aromatic carboxylic acids is 1. The molecule has 94 valence electrons. The van der Waals surface area contributed by atoms with E-state index in [0.717, 1.165) is 12.8 Å². The number of benzene rings is 1. The molecule has 4 nitrogen and oxygen atoms in total. The highest BCUT2D eigenvalue weighted by Gasteiger charge is 2.15. The molecule has 0 spiro atoms. The third-order valence-corrected chi connectivity index (χ3v) is 4.26. The molecule has 0 fully saturated rings. The highest BCUT2D eigenvalue weighted by atomic mass is 32.2. The molecule has 0 unspecified atom stereocenters. The van der Waals surface area contributed by atoms with Crippen molar-refractivity contribution in [1.82, 2.24) is 0 Å². The lowest BCUT2D eigenvalue weighted by molar-refractivity contribution is 0.0696. The third kappa shape index (κ3) is 3.85. The lowest BCUT2D eigenvalue weighted by Gasteiger charge is -2.04. The van der Waals surface area contributed by atoms with Gasteiger partial charge in [0.15, 0.2) is 9.84 Å². The number of carboxylic acids is 1. The van der Waals surface area contributed by atoms with Gasteiger partial charge in [0.2, 0.25) is 0 Å². The smallest absolute Gasteiger partial charge is 0.335 e. The Hall–Kier alpha value is -1.36. The summed E-state index contributed by atoms with van der Waals surface area (Å²) in [5.74, 6) is -1.04. The molecule has 0 aromatic heterocycles. The van der Waals surface area contributed by atoms with Gasteiger partial charge < -0.3 is 5.11 Å². The standard InChI is InChI=1S/C12H16O4S/c1-2-3-4-8-17(15,16)11-7-5-6-10(9-11)12(13)14/h5-7,9H,2-4,8H2,1H3,(H,13,14). The molecular weight excluding hydrogens is 240 g/mol. The number of hydrogen-bond acceptors (Lipinski definition) is 3. The number of sulfone groups is 1. The van der Waals surface area contributed by atoms with Gasteiger partial charge in [-0.25, -0.2) is 13.2 Å². The van der Waals surface area contributed by atoms with Crippen molar-refractivity contribution in [2.45, 2.75) is 31.1 Å². The van der Waals surface area contributed by atoms with Gasteiger partial charge in [-0.05, 0) is 24.6 Å². The maximum atomic E-state index is 11.9. The van der Waals surface area contributed by atoms with E-state index in [0.29, 0.717) is 6.42 Å². The normalized spacial score (nSPS) is 11.4. The van der Waals surface area contributed by atoms with Crippen molar-refractivity contribution in [1.29, 1.82) is 0 Å². The Morgan fingerprint density at radius 1 is 1.29 bits per heavy atom. The molecule has 1 aromatic carbocycles. The summed E-state index contributed by atoms with van der Waals surface area (Å²) in [6.07, 6.45) is 2.42. The van der Waals surface area contributed by atoms with Gasteiger partial charge in [0.25, 0.3) is 0 Å². The molecule has 5 heteroatoms. The van der Waals surface area contributed by atoms with Gasteiger partial charge in [-0.2, -0.15) is 0 Å². The summed E-state index contributed by atoms with van der Waals surface area (Å²) in [5, 5.41) is 8.79. The van der Waals surface area contributed by atoms with Crippen molar-refractivity contribution in [3.63, 3.8) is 0 Å². The van der Waals surface area contributed by atoms with Crippen LogP contribution < -0.4 is 0 Å². The molecule has 1 aromatic rings. The maximum absolute atomic E-state index is 11.9. The van der Waals surface area contributed by atoms with Gasteiger partial charge in [0, 0.05) is 0 Å². The zero-order valence-electron chi connectivity index (χ0n) is 9.72. The number of carboxylic acid groups (broad SMARTS) is 1. The van der Waals surface area contributed by atoms with Gasteiger partial charge in [-0.15, -0.1) is 0 Å². The van der Waals surface area contributed by atoms with Crippen LogP contribution in [-0.2, 0) is 9.84 Å². The summed E-state index contributed by atoms with van der Waals surface area (Å²) in [5.41, 5.74) is 0.00145. The molecule has 0 radical (unpaired) electrons. The van der Waals surface area contributed by atoms with Crippen molar-refractivity contribution >= 4 is 15.8 Å². The van der Waals surface area contributed by atoms with E-state index < -0.39 is 15.8 Å². The van der Waals surface area contributed by atoms with Crippen LogP contribution in [0.5, 0.6) is 0 Å². The molecule has 0 amide bonds. The Morgan fingerprint density at radius 2 is 2.00 bits per heavy atom. The first kappa shape index (κ1) is 13.7. The Labute approximate surface area is 101 Å². The van der Waals surface area contributed by atoms with Gasteiger partial charge in [-0.3, -0.25) is 0 Å². The summed E-state index contributed by atoms with van der Waals surface area (Å²) >= 11 is 0. The highest BCUT2D eigenvalue weighted by molar-refractivity contribution is 7.91. The lowest BCUT2D eigenvalue weighted by Crippen LogP contribution is -2.08. The van der Waals surface area contributed by atoms with Crippen molar-refractivity contribution in [3.8, 4) is 0 Å². The highest BCUT2D eigenvalue weighted by Crippen LogP contribution is 2.15. The van der Waals surface area contributed by atoms with Crippen LogP contribution in [0, 0.1) is 0 Å². The number of carbonyl (C=O) groups is 1. The second-order valence-corrected chi connectivity index (χ2v) is 5.97. The molecule has 0 saturated heterocycles. The first-order chi connectivity index (χ1) is 7.97. The number of hydrogen-bond donors (Lipinski definition) is 1. The van der Waals surface area contributed by atoms with Crippen LogP contribution in [-0.4, -0.2) is 25.2 Å². The van der Waals surface area contributed by atoms with Crippen molar-refractivity contribution < 1.29 is 18.3 Å². The molecule has 0 heterocycles. The van der Waals surface area contributed by atoms with Crippen molar-refractivity contribution in [3.05, 3.63) is 29.8 Å². The van der Waals surface area contributed by atoms with E-state index in [9.17, 15) is 13.2 Å². The topological polar surface area (TPSA) is 71.4 Å². The van der Waals surface area contributed by atoms with Crippen LogP contribution in [0.2, 0.25) is 0 Å². The van der Waals surface area contributed by atoms with Gasteiger partial charge >= 0.3 is 5.97 Å². The molecule has 0 aliphatic rings. The van der Waals surface area contributed by atoms with Crippen molar-refractivity contribution in [2.24, 2.45) is 0 Å². The monoisotopic (exact) mass is 256 g/mol. The third-order valence-electron chi connectivity index (χ3n) is 2.46. The Kier molecular flexibility index (Phi) is 4.69. The van der Waals surface area contributed by atoms with E-state index in [-0.39, 0.29) is 16.2 Å². The first-order valence-corrected chi connectivity index (χ1v) is 7.18. The first-order valence-electron chi connectivity index (χ1n) is 5.53. The molecular formula is C12H16O4S. The molecule has 1 N–H and O–H groups in total. The van der Waals surface area contributed by atoms with E-state index in [2.05, 4.69) is 0 Å². The van der Waals surface area contributed by atoms with Crippen LogP contribution in [0.3, 0.4) is 0 Å². The summed E-state index contributed by atoms with van der Waals surface area (Å²) < 4.78 is 23.8. The lowest BCUT2D eigenvalue weighted by atomic mass is 10.2. The fraction of sp³-hybridized carbons (Fsp3) is 0.417. The van der Waals surface area contributed by atoms with Crippen LogP contribution in [0.15, 0.2) is 29.2 Å². The van der Waals surface area contributed by atoms with Gasteiger partial charge in [0.05, 0.1) is 16.2 Å². The summed E-state index contributed by atoms with van der Waals surface area (Å²) in [6.45, 7) is 2.00. The second-order valence-electron chi connectivity index (χ2n) is 3.86. The predicted molar refractivity (Wildman–Crippen MR) is 65.0 cm³/mol. The molecule has 0 saturated carbocycles. The van der Waals surface area contributed by atoms with Crippen LogP contribution in [0.25, 0.3) is 0 Å². The Bertz CT molecular complexity index is 491. The molecule has 0 atom stereocenters. The van der Waals surface area contributed by atoms with Crippen LogP contribution >= 0.6 is 0 Å². The Morgan fingerprint density at radius 3 is 2.59 bits per heavy atom. The minimum atomic E-state index is -3.35. The van der Waals surface area contributed by atoms with Crippen molar-refractivity contribution in [2.75, 3.05) is 5.75 Å². The van der Waals surface area contributed by atoms with E-state index in [1.165, 1.54) is 24.3 Å². The van der Waals surface area contributed by atoms with Gasteiger partial charge in [-0.1, -0.05) is 25.8 Å².